The highest BCUT2D eigenvalue weighted by molar-refractivity contribution is 5.76. The molecule has 1 saturated heterocycles. The SMILES string of the molecule is CC1CCC(C)N(c2nc3c(cnn3-c3ccccc3)c(=O)[nH]2)C1. The molecule has 0 radical (unpaired) electrons. The normalized spacial score (nSPS) is 21.3. The maximum atomic E-state index is 12.5. The molecule has 0 aliphatic carbocycles. The smallest absolute Gasteiger partial charge is 0.263 e. The van der Waals surface area contributed by atoms with Gasteiger partial charge in [-0.2, -0.15) is 10.1 Å². The van der Waals surface area contributed by atoms with Crippen LogP contribution in [-0.2, 0) is 0 Å². The van der Waals surface area contributed by atoms with E-state index >= 15 is 0 Å². The zero-order valence-corrected chi connectivity index (χ0v) is 13.9. The Bertz CT molecular complexity index is 914. The van der Waals surface area contributed by atoms with Crippen LogP contribution in [0.5, 0.6) is 0 Å². The number of nitrogens with zero attached hydrogens (tertiary/aromatic N) is 4. The fourth-order valence-corrected chi connectivity index (χ4v) is 3.38. The van der Waals surface area contributed by atoms with E-state index in [4.69, 9.17) is 4.98 Å². The molecule has 1 aliphatic heterocycles. The van der Waals surface area contributed by atoms with Gasteiger partial charge < -0.3 is 4.90 Å². The molecule has 124 valence electrons. The van der Waals surface area contributed by atoms with Crippen molar-refractivity contribution in [3.63, 3.8) is 0 Å². The van der Waals surface area contributed by atoms with Crippen LogP contribution in [0.2, 0.25) is 0 Å². The lowest BCUT2D eigenvalue weighted by Crippen LogP contribution is -2.42. The van der Waals surface area contributed by atoms with E-state index in [1.165, 1.54) is 6.42 Å². The Morgan fingerprint density at radius 1 is 1.17 bits per heavy atom. The van der Waals surface area contributed by atoms with Gasteiger partial charge in [0.2, 0.25) is 5.95 Å². The number of aromatic amines is 1. The highest BCUT2D eigenvalue weighted by atomic mass is 16.1. The number of nitrogens with one attached hydrogen (secondary N) is 1. The first-order valence-electron chi connectivity index (χ1n) is 8.43. The number of para-hydroxylation sites is 1. The Morgan fingerprint density at radius 2 is 1.96 bits per heavy atom. The van der Waals surface area contributed by atoms with Crippen molar-refractivity contribution in [1.82, 2.24) is 19.7 Å². The summed E-state index contributed by atoms with van der Waals surface area (Å²) >= 11 is 0. The quantitative estimate of drug-likeness (QED) is 0.787. The highest BCUT2D eigenvalue weighted by Crippen LogP contribution is 2.25. The van der Waals surface area contributed by atoms with Gasteiger partial charge in [-0.1, -0.05) is 25.1 Å². The zero-order chi connectivity index (χ0) is 16.7. The van der Waals surface area contributed by atoms with Crippen LogP contribution in [0.4, 0.5) is 5.95 Å². The van der Waals surface area contributed by atoms with Crippen LogP contribution < -0.4 is 10.5 Å². The summed E-state index contributed by atoms with van der Waals surface area (Å²) in [7, 11) is 0. The minimum absolute atomic E-state index is 0.136. The van der Waals surface area contributed by atoms with E-state index in [9.17, 15) is 4.79 Å². The van der Waals surface area contributed by atoms with Gasteiger partial charge in [0.25, 0.3) is 5.56 Å². The van der Waals surface area contributed by atoms with Crippen molar-refractivity contribution in [1.29, 1.82) is 0 Å². The van der Waals surface area contributed by atoms with Gasteiger partial charge in [-0.05, 0) is 37.8 Å². The average Bonchev–Trinajstić information content (AvgIpc) is 3.02. The van der Waals surface area contributed by atoms with Crippen molar-refractivity contribution in [3.8, 4) is 5.69 Å². The minimum atomic E-state index is -0.136. The summed E-state index contributed by atoms with van der Waals surface area (Å²) in [6, 6.07) is 10.1. The van der Waals surface area contributed by atoms with E-state index in [2.05, 4.69) is 28.8 Å². The number of hydrogen-bond acceptors (Lipinski definition) is 4. The molecule has 1 aliphatic rings. The summed E-state index contributed by atoms with van der Waals surface area (Å²) in [6.07, 6.45) is 3.91. The van der Waals surface area contributed by atoms with Crippen molar-refractivity contribution in [2.45, 2.75) is 32.7 Å². The predicted molar refractivity (Wildman–Crippen MR) is 94.7 cm³/mol. The number of rotatable bonds is 2. The van der Waals surface area contributed by atoms with Crippen molar-refractivity contribution >= 4 is 17.0 Å². The fourth-order valence-electron chi connectivity index (χ4n) is 3.38. The molecule has 1 aromatic carbocycles. The van der Waals surface area contributed by atoms with E-state index in [0.29, 0.717) is 28.9 Å². The molecule has 6 nitrogen and oxygen atoms in total. The summed E-state index contributed by atoms with van der Waals surface area (Å²) in [6.45, 7) is 5.34. The maximum absolute atomic E-state index is 12.5. The third-order valence-corrected chi connectivity index (χ3v) is 4.82. The molecular weight excluding hydrogens is 302 g/mol. The summed E-state index contributed by atoms with van der Waals surface area (Å²) in [5.41, 5.74) is 1.37. The van der Waals surface area contributed by atoms with Crippen LogP contribution in [-0.4, -0.2) is 32.3 Å². The Labute approximate surface area is 140 Å². The molecule has 24 heavy (non-hydrogen) atoms. The Balaban J connectivity index is 1.85. The molecule has 0 saturated carbocycles. The second-order valence-electron chi connectivity index (χ2n) is 6.70. The van der Waals surface area contributed by atoms with Crippen LogP contribution in [0.3, 0.4) is 0 Å². The summed E-state index contributed by atoms with van der Waals surface area (Å²) < 4.78 is 1.73. The van der Waals surface area contributed by atoms with Crippen LogP contribution >= 0.6 is 0 Å². The summed E-state index contributed by atoms with van der Waals surface area (Å²) in [4.78, 5) is 22.4. The van der Waals surface area contributed by atoms with Crippen LogP contribution in [0, 0.1) is 5.92 Å². The number of hydrogen-bond donors (Lipinski definition) is 1. The molecule has 2 unspecified atom stereocenters. The minimum Gasteiger partial charge on any atom is -0.339 e. The third kappa shape index (κ3) is 2.48. The lowest BCUT2D eigenvalue weighted by Gasteiger charge is -2.37. The number of anilines is 1. The second-order valence-corrected chi connectivity index (χ2v) is 6.70. The van der Waals surface area contributed by atoms with Crippen molar-refractivity contribution in [2.75, 3.05) is 11.4 Å². The fraction of sp³-hybridized carbons (Fsp3) is 0.389. The maximum Gasteiger partial charge on any atom is 0.263 e. The van der Waals surface area contributed by atoms with Gasteiger partial charge in [-0.25, -0.2) is 4.68 Å². The van der Waals surface area contributed by atoms with E-state index in [-0.39, 0.29) is 5.56 Å². The van der Waals surface area contributed by atoms with Crippen molar-refractivity contribution < 1.29 is 0 Å². The largest absolute Gasteiger partial charge is 0.339 e. The van der Waals surface area contributed by atoms with Gasteiger partial charge >= 0.3 is 0 Å². The van der Waals surface area contributed by atoms with Crippen molar-refractivity contribution in [3.05, 3.63) is 46.9 Å². The van der Waals surface area contributed by atoms with Gasteiger partial charge in [0.1, 0.15) is 5.39 Å². The predicted octanol–water partition coefficient (Wildman–Crippen LogP) is 2.73. The van der Waals surface area contributed by atoms with E-state index in [1.54, 1.807) is 10.9 Å². The van der Waals surface area contributed by atoms with E-state index in [1.807, 2.05) is 30.3 Å². The topological polar surface area (TPSA) is 66.8 Å². The molecule has 2 atom stereocenters. The Kier molecular flexibility index (Phi) is 3.59. The first-order valence-corrected chi connectivity index (χ1v) is 8.43. The monoisotopic (exact) mass is 323 g/mol. The standard InChI is InChI=1S/C18H21N5O/c1-12-8-9-13(2)22(11-12)18-20-16-15(17(24)21-18)10-19-23(16)14-6-4-3-5-7-14/h3-7,10,12-13H,8-9,11H2,1-2H3,(H,20,21,24). The average molecular weight is 323 g/mol. The molecule has 3 heterocycles. The first kappa shape index (κ1) is 14.9. The van der Waals surface area contributed by atoms with Gasteiger partial charge in [0.05, 0.1) is 11.9 Å². The zero-order valence-electron chi connectivity index (χ0n) is 13.9. The Hall–Kier alpha value is -2.63. The van der Waals surface area contributed by atoms with Crippen LogP contribution in [0.1, 0.15) is 26.7 Å². The number of piperidine rings is 1. The Morgan fingerprint density at radius 3 is 2.75 bits per heavy atom. The molecule has 1 N–H and O–H groups in total. The first-order chi connectivity index (χ1) is 11.6. The number of fused-ring (bicyclic) bond motifs is 1. The van der Waals surface area contributed by atoms with E-state index in [0.717, 1.165) is 18.7 Å². The molecule has 0 amide bonds. The number of aromatic nitrogens is 4. The molecule has 0 spiro atoms. The van der Waals surface area contributed by atoms with Gasteiger partial charge in [-0.3, -0.25) is 9.78 Å². The summed E-state index contributed by atoms with van der Waals surface area (Å²) in [5, 5.41) is 4.88. The lowest BCUT2D eigenvalue weighted by atomic mass is 9.95. The van der Waals surface area contributed by atoms with Crippen molar-refractivity contribution in [2.24, 2.45) is 5.92 Å². The molecule has 6 heteroatoms. The van der Waals surface area contributed by atoms with Gasteiger partial charge in [-0.15, -0.1) is 0 Å². The van der Waals surface area contributed by atoms with Crippen LogP contribution in [0.25, 0.3) is 16.7 Å². The third-order valence-electron chi connectivity index (χ3n) is 4.82. The lowest BCUT2D eigenvalue weighted by molar-refractivity contribution is 0.385. The molecule has 1 fully saturated rings. The molecule has 2 aromatic heterocycles. The highest BCUT2D eigenvalue weighted by Gasteiger charge is 2.25. The molecular formula is C18H21N5O. The molecule has 4 rings (SSSR count). The number of benzene rings is 1. The van der Waals surface area contributed by atoms with Gasteiger partial charge in [0, 0.05) is 12.6 Å². The second kappa shape index (κ2) is 5.78. The molecule has 0 bridgehead atoms. The molecule has 3 aromatic rings. The van der Waals surface area contributed by atoms with Crippen LogP contribution in [0.15, 0.2) is 41.3 Å². The van der Waals surface area contributed by atoms with Gasteiger partial charge in [0.15, 0.2) is 5.65 Å². The van der Waals surface area contributed by atoms with E-state index < -0.39 is 0 Å². The number of H-pyrrole nitrogens is 1. The summed E-state index contributed by atoms with van der Waals surface area (Å²) in [5.74, 6) is 1.24.